The van der Waals surface area contributed by atoms with Gasteiger partial charge in [-0.05, 0) is 12.3 Å². The maximum absolute atomic E-state index is 11.7. The van der Waals surface area contributed by atoms with Crippen LogP contribution in [0.3, 0.4) is 0 Å². The van der Waals surface area contributed by atoms with Crippen molar-refractivity contribution in [3.05, 3.63) is 0 Å². The molecule has 0 aromatic rings. The van der Waals surface area contributed by atoms with Gasteiger partial charge in [0, 0.05) is 31.6 Å². The molecule has 1 fully saturated rings. The topological polar surface area (TPSA) is 58.6 Å². The Labute approximate surface area is 121 Å². The van der Waals surface area contributed by atoms with Crippen LogP contribution >= 0.6 is 11.6 Å². The van der Waals surface area contributed by atoms with Crippen molar-refractivity contribution in [3.63, 3.8) is 0 Å². The molecule has 0 aliphatic carbocycles. The highest BCUT2D eigenvalue weighted by atomic mass is 35.5. The van der Waals surface area contributed by atoms with E-state index in [0.717, 1.165) is 32.7 Å². The smallest absolute Gasteiger partial charge is 0.212 e. The molecule has 0 amide bonds. The van der Waals surface area contributed by atoms with Gasteiger partial charge in [0.15, 0.2) is 0 Å². The lowest BCUT2D eigenvalue weighted by atomic mass is 10.0. The zero-order chi connectivity index (χ0) is 14.3. The number of morpholine rings is 1. The Morgan fingerprint density at radius 3 is 2.47 bits per heavy atom. The van der Waals surface area contributed by atoms with E-state index >= 15 is 0 Å². The predicted molar refractivity (Wildman–Crippen MR) is 78.1 cm³/mol. The summed E-state index contributed by atoms with van der Waals surface area (Å²) in [7, 11) is -3.24. The molecular weight excluding hydrogens is 288 g/mol. The van der Waals surface area contributed by atoms with Crippen LogP contribution in [0.25, 0.3) is 0 Å². The van der Waals surface area contributed by atoms with Gasteiger partial charge in [0.05, 0.1) is 19.0 Å². The highest BCUT2D eigenvalue weighted by Gasteiger charge is 2.23. The van der Waals surface area contributed by atoms with Gasteiger partial charge < -0.3 is 4.74 Å². The molecule has 0 radical (unpaired) electrons. The molecule has 1 N–H and O–H groups in total. The number of nitrogens with zero attached hydrogens (tertiary/aromatic N) is 1. The Morgan fingerprint density at radius 1 is 1.32 bits per heavy atom. The Balaban J connectivity index is 2.53. The summed E-state index contributed by atoms with van der Waals surface area (Å²) < 4.78 is 31.3. The second kappa shape index (κ2) is 8.42. The van der Waals surface area contributed by atoms with Crippen LogP contribution in [0, 0.1) is 5.92 Å². The summed E-state index contributed by atoms with van der Waals surface area (Å²) in [5.74, 6) is 0.638. The highest BCUT2D eigenvalue weighted by molar-refractivity contribution is 7.89. The van der Waals surface area contributed by atoms with Crippen LogP contribution in [-0.4, -0.2) is 63.8 Å². The minimum Gasteiger partial charge on any atom is -0.379 e. The van der Waals surface area contributed by atoms with Crippen LogP contribution in [-0.2, 0) is 14.8 Å². The normalized spacial score (nSPS) is 19.8. The van der Waals surface area contributed by atoms with Gasteiger partial charge >= 0.3 is 0 Å². The van der Waals surface area contributed by atoms with Crippen molar-refractivity contribution in [2.24, 2.45) is 5.92 Å². The van der Waals surface area contributed by atoms with Crippen molar-refractivity contribution in [1.82, 2.24) is 9.62 Å². The van der Waals surface area contributed by atoms with Gasteiger partial charge in [-0.3, -0.25) is 4.90 Å². The molecule has 1 unspecified atom stereocenters. The molecule has 1 heterocycles. The summed E-state index contributed by atoms with van der Waals surface area (Å²) in [5, 5.41) is 0. The van der Waals surface area contributed by atoms with Crippen LogP contribution in [0.4, 0.5) is 0 Å². The standard InChI is InChI=1S/C12H25ClN2O3S/c1-11(2)9-12(15-4-6-18-7-5-15)10-14-19(16,17)8-3-13/h11-12,14H,3-10H2,1-2H3. The molecule has 7 heteroatoms. The number of hydrogen-bond donors (Lipinski definition) is 1. The van der Waals surface area contributed by atoms with Crippen molar-refractivity contribution < 1.29 is 13.2 Å². The van der Waals surface area contributed by atoms with Gasteiger partial charge in [-0.25, -0.2) is 13.1 Å². The van der Waals surface area contributed by atoms with E-state index in [2.05, 4.69) is 23.5 Å². The van der Waals surface area contributed by atoms with Gasteiger partial charge in [0.25, 0.3) is 0 Å². The van der Waals surface area contributed by atoms with Gasteiger partial charge in [0.2, 0.25) is 10.0 Å². The molecule has 1 rings (SSSR count). The molecule has 1 aliphatic rings. The lowest BCUT2D eigenvalue weighted by molar-refractivity contribution is 0.0134. The first kappa shape index (κ1) is 17.2. The first-order valence-corrected chi connectivity index (χ1v) is 8.98. The van der Waals surface area contributed by atoms with Crippen LogP contribution in [0.1, 0.15) is 20.3 Å². The van der Waals surface area contributed by atoms with Gasteiger partial charge in [-0.15, -0.1) is 11.6 Å². The minimum absolute atomic E-state index is 0.0218. The van der Waals surface area contributed by atoms with Crippen LogP contribution in [0.5, 0.6) is 0 Å². The highest BCUT2D eigenvalue weighted by Crippen LogP contribution is 2.13. The zero-order valence-electron chi connectivity index (χ0n) is 11.8. The number of hydrogen-bond acceptors (Lipinski definition) is 4. The zero-order valence-corrected chi connectivity index (χ0v) is 13.3. The maximum atomic E-state index is 11.7. The summed E-state index contributed by atoms with van der Waals surface area (Å²) in [6.45, 7) is 7.95. The van der Waals surface area contributed by atoms with Crippen molar-refractivity contribution in [2.45, 2.75) is 26.3 Å². The summed E-state index contributed by atoms with van der Waals surface area (Å²) in [6, 6.07) is 0.231. The fourth-order valence-corrected chi connectivity index (χ4v) is 3.65. The van der Waals surface area contributed by atoms with Gasteiger partial charge in [-0.1, -0.05) is 13.8 Å². The van der Waals surface area contributed by atoms with E-state index < -0.39 is 10.0 Å². The summed E-state index contributed by atoms with van der Waals surface area (Å²) in [5.41, 5.74) is 0. The van der Waals surface area contributed by atoms with Crippen LogP contribution < -0.4 is 4.72 Å². The molecule has 1 atom stereocenters. The SMILES string of the molecule is CC(C)CC(CNS(=O)(=O)CCCl)N1CCOCC1. The number of alkyl halides is 1. The third-order valence-electron chi connectivity index (χ3n) is 3.19. The van der Waals surface area contributed by atoms with Crippen LogP contribution in [0.15, 0.2) is 0 Å². The van der Waals surface area contributed by atoms with E-state index in [4.69, 9.17) is 16.3 Å². The largest absolute Gasteiger partial charge is 0.379 e. The molecule has 1 aliphatic heterocycles. The molecule has 0 bridgehead atoms. The van der Waals surface area contributed by atoms with E-state index in [-0.39, 0.29) is 17.7 Å². The first-order chi connectivity index (χ1) is 8.94. The van der Waals surface area contributed by atoms with Crippen molar-refractivity contribution in [3.8, 4) is 0 Å². The summed E-state index contributed by atoms with van der Waals surface area (Å²) in [4.78, 5) is 2.31. The predicted octanol–water partition coefficient (Wildman–Crippen LogP) is 0.892. The molecule has 1 saturated heterocycles. The third kappa shape index (κ3) is 6.90. The molecule has 114 valence electrons. The summed E-state index contributed by atoms with van der Waals surface area (Å²) in [6.07, 6.45) is 0.976. The van der Waals surface area contributed by atoms with Gasteiger partial charge in [-0.2, -0.15) is 0 Å². The van der Waals surface area contributed by atoms with Crippen molar-refractivity contribution >= 4 is 21.6 Å². The van der Waals surface area contributed by atoms with Crippen molar-refractivity contribution in [2.75, 3.05) is 44.5 Å². The monoisotopic (exact) mass is 312 g/mol. The van der Waals surface area contributed by atoms with E-state index in [1.165, 1.54) is 0 Å². The second-order valence-electron chi connectivity index (χ2n) is 5.29. The molecular formula is C12H25ClN2O3S. The third-order valence-corrected chi connectivity index (χ3v) is 4.95. The van der Waals surface area contributed by atoms with E-state index in [1.807, 2.05) is 0 Å². The number of ether oxygens (including phenoxy) is 1. The quantitative estimate of drug-likeness (QED) is 0.676. The lowest BCUT2D eigenvalue weighted by Crippen LogP contribution is -2.49. The fraction of sp³-hybridized carbons (Fsp3) is 1.00. The lowest BCUT2D eigenvalue weighted by Gasteiger charge is -2.35. The average Bonchev–Trinajstić information content (AvgIpc) is 2.35. The average molecular weight is 313 g/mol. The first-order valence-electron chi connectivity index (χ1n) is 6.79. The van der Waals surface area contributed by atoms with E-state index in [0.29, 0.717) is 12.5 Å². The summed E-state index contributed by atoms with van der Waals surface area (Å²) >= 11 is 5.49. The Bertz CT molecular complexity index is 343. The Morgan fingerprint density at radius 2 is 1.95 bits per heavy atom. The molecule has 0 aromatic carbocycles. The van der Waals surface area contributed by atoms with Crippen LogP contribution in [0.2, 0.25) is 0 Å². The molecule has 0 saturated carbocycles. The number of rotatable bonds is 8. The maximum Gasteiger partial charge on any atom is 0.212 e. The number of halogens is 1. The molecule has 19 heavy (non-hydrogen) atoms. The number of sulfonamides is 1. The second-order valence-corrected chi connectivity index (χ2v) is 7.59. The molecule has 0 spiro atoms. The van der Waals surface area contributed by atoms with Crippen molar-refractivity contribution in [1.29, 1.82) is 0 Å². The molecule has 5 nitrogen and oxygen atoms in total. The Kier molecular flexibility index (Phi) is 7.61. The Hall–Kier alpha value is 0.120. The van der Waals surface area contributed by atoms with E-state index in [1.54, 1.807) is 0 Å². The fourth-order valence-electron chi connectivity index (χ4n) is 2.25. The van der Waals surface area contributed by atoms with Gasteiger partial charge in [0.1, 0.15) is 0 Å². The van der Waals surface area contributed by atoms with E-state index in [9.17, 15) is 8.42 Å². The minimum atomic E-state index is -3.24. The number of nitrogens with one attached hydrogen (secondary N) is 1. The molecule has 0 aromatic heterocycles.